The van der Waals surface area contributed by atoms with Gasteiger partial charge in [-0.3, -0.25) is 19.6 Å². The number of carboxylic acid groups (broad SMARTS) is 1. The molecular weight excluding hydrogens is 458 g/mol. The number of rotatable bonds is 15. The average molecular weight is 494 g/mol. The van der Waals surface area contributed by atoms with E-state index < -0.39 is 35.9 Å². The van der Waals surface area contributed by atoms with Crippen molar-refractivity contribution >= 4 is 29.7 Å². The molecule has 1 rings (SSSR count). The van der Waals surface area contributed by atoms with Gasteiger partial charge in [-0.25, -0.2) is 4.79 Å². The van der Waals surface area contributed by atoms with E-state index in [1.165, 1.54) is 12.1 Å². The quantitative estimate of drug-likeness (QED) is 0.0699. The molecule has 2 amide bonds. The van der Waals surface area contributed by atoms with Gasteiger partial charge < -0.3 is 49.5 Å². The molecule has 14 N–H and O–H groups in total. The monoisotopic (exact) mass is 493 g/mol. The molecule has 0 spiro atoms. The summed E-state index contributed by atoms with van der Waals surface area (Å²) in [5, 5.41) is 24.0. The average Bonchev–Trinajstić information content (AvgIpc) is 2.78. The van der Waals surface area contributed by atoms with Gasteiger partial charge in [0, 0.05) is 19.5 Å². The van der Waals surface area contributed by atoms with Crippen LogP contribution in [0.2, 0.25) is 0 Å². The normalized spacial score (nSPS) is 13.1. The van der Waals surface area contributed by atoms with Crippen LogP contribution >= 0.6 is 0 Å². The maximum Gasteiger partial charge on any atom is 0.326 e. The van der Waals surface area contributed by atoms with Crippen molar-refractivity contribution < 1.29 is 24.6 Å². The summed E-state index contributed by atoms with van der Waals surface area (Å²) in [6.07, 6.45) is 1.13. The number of carboxylic acids is 1. The Bertz CT molecular complexity index is 897. The van der Waals surface area contributed by atoms with E-state index in [0.29, 0.717) is 24.9 Å². The molecule has 1 aromatic carbocycles. The van der Waals surface area contributed by atoms with Crippen molar-refractivity contribution in [1.82, 2.24) is 10.6 Å². The van der Waals surface area contributed by atoms with Crippen LogP contribution in [0.25, 0.3) is 0 Å². The Morgan fingerprint density at radius 2 is 1.34 bits per heavy atom. The SMILES string of the molecule is NC(N)=NCCCC(N)C(=O)NC(Cc1ccc(O)cc1)C(=O)NC(CCCN=C(N)N)C(=O)O. The number of nitrogens with zero attached hydrogens (tertiary/aromatic N) is 2. The van der Waals surface area contributed by atoms with E-state index >= 15 is 0 Å². The minimum Gasteiger partial charge on any atom is -0.508 e. The van der Waals surface area contributed by atoms with Crippen LogP contribution in [0, 0.1) is 0 Å². The highest BCUT2D eigenvalue weighted by molar-refractivity contribution is 5.92. The number of hydrogen-bond donors (Lipinski definition) is 9. The lowest BCUT2D eigenvalue weighted by Crippen LogP contribution is -2.55. The van der Waals surface area contributed by atoms with Crippen molar-refractivity contribution in [2.45, 2.75) is 50.2 Å². The van der Waals surface area contributed by atoms with Crippen molar-refractivity contribution in [2.24, 2.45) is 38.7 Å². The molecule has 1 aromatic rings. The summed E-state index contributed by atoms with van der Waals surface area (Å²) in [6.45, 7) is 0.491. The highest BCUT2D eigenvalue weighted by Gasteiger charge is 2.28. The number of amides is 2. The van der Waals surface area contributed by atoms with Crippen LogP contribution in [0.5, 0.6) is 5.75 Å². The number of aromatic hydroxyl groups is 1. The molecule has 0 radical (unpaired) electrons. The molecule has 0 heterocycles. The number of phenolic OH excluding ortho intramolecular Hbond substituents is 1. The number of hydrogen-bond acceptors (Lipinski definition) is 7. The number of aliphatic imine (C=N–C) groups is 2. The molecular formula is C21H35N9O5. The molecule has 0 aliphatic carbocycles. The molecule has 0 aromatic heterocycles. The van der Waals surface area contributed by atoms with E-state index in [1.54, 1.807) is 12.1 Å². The number of carbonyl (C=O) groups excluding carboxylic acids is 2. The predicted octanol–water partition coefficient (Wildman–Crippen LogP) is -2.58. The van der Waals surface area contributed by atoms with Gasteiger partial charge in [0.2, 0.25) is 11.8 Å². The predicted molar refractivity (Wildman–Crippen MR) is 131 cm³/mol. The van der Waals surface area contributed by atoms with E-state index in [9.17, 15) is 24.6 Å². The summed E-state index contributed by atoms with van der Waals surface area (Å²) < 4.78 is 0. The Hall–Kier alpha value is -4.07. The lowest BCUT2D eigenvalue weighted by molar-refractivity contribution is -0.142. The Kier molecular flexibility index (Phi) is 12.4. The molecule has 14 nitrogen and oxygen atoms in total. The smallest absolute Gasteiger partial charge is 0.326 e. The van der Waals surface area contributed by atoms with Crippen molar-refractivity contribution in [3.63, 3.8) is 0 Å². The largest absolute Gasteiger partial charge is 0.508 e. The third-order valence-electron chi connectivity index (χ3n) is 4.87. The van der Waals surface area contributed by atoms with Crippen molar-refractivity contribution in [3.05, 3.63) is 29.8 Å². The Morgan fingerprint density at radius 1 is 0.829 bits per heavy atom. The summed E-state index contributed by atoms with van der Waals surface area (Å²) in [4.78, 5) is 44.8. The van der Waals surface area contributed by atoms with Gasteiger partial charge in [0.15, 0.2) is 11.9 Å². The van der Waals surface area contributed by atoms with Crippen LogP contribution in [0.3, 0.4) is 0 Å². The van der Waals surface area contributed by atoms with Gasteiger partial charge in [-0.2, -0.15) is 0 Å². The minimum absolute atomic E-state index is 0.0355. The van der Waals surface area contributed by atoms with Gasteiger partial charge in [0.1, 0.15) is 17.8 Å². The second-order valence-electron chi connectivity index (χ2n) is 7.84. The number of nitrogens with two attached hydrogens (primary N) is 5. The van der Waals surface area contributed by atoms with Gasteiger partial charge in [0.25, 0.3) is 0 Å². The molecule has 194 valence electrons. The van der Waals surface area contributed by atoms with Crippen LogP contribution in [0.15, 0.2) is 34.3 Å². The Labute approximate surface area is 203 Å². The summed E-state index contributed by atoms with van der Waals surface area (Å²) >= 11 is 0. The van der Waals surface area contributed by atoms with Crippen LogP contribution < -0.4 is 39.3 Å². The molecule has 14 heteroatoms. The van der Waals surface area contributed by atoms with Crippen LogP contribution in [-0.4, -0.2) is 71.1 Å². The van der Waals surface area contributed by atoms with Gasteiger partial charge >= 0.3 is 5.97 Å². The number of carbonyl (C=O) groups is 3. The molecule has 0 saturated heterocycles. The Balaban J connectivity index is 2.88. The maximum atomic E-state index is 13.0. The minimum atomic E-state index is -1.24. The first kappa shape index (κ1) is 29.0. The zero-order chi connectivity index (χ0) is 26.4. The van der Waals surface area contributed by atoms with Gasteiger partial charge in [-0.05, 0) is 43.4 Å². The summed E-state index contributed by atoms with van der Waals surface area (Å²) in [6, 6.07) is 2.77. The summed E-state index contributed by atoms with van der Waals surface area (Å²) in [5.41, 5.74) is 27.6. The van der Waals surface area contributed by atoms with E-state index in [0.717, 1.165) is 0 Å². The third-order valence-corrected chi connectivity index (χ3v) is 4.87. The highest BCUT2D eigenvalue weighted by atomic mass is 16.4. The summed E-state index contributed by atoms with van der Waals surface area (Å²) in [5.74, 6) is -2.68. The molecule has 0 saturated carbocycles. The van der Waals surface area contributed by atoms with Crippen molar-refractivity contribution in [3.8, 4) is 5.75 Å². The number of nitrogens with one attached hydrogen (secondary N) is 2. The maximum absolute atomic E-state index is 13.0. The first-order valence-electron chi connectivity index (χ1n) is 11.0. The van der Waals surface area contributed by atoms with Crippen LogP contribution in [0.4, 0.5) is 0 Å². The fourth-order valence-corrected chi connectivity index (χ4v) is 3.04. The number of guanidine groups is 2. The van der Waals surface area contributed by atoms with E-state index in [1.807, 2.05) is 0 Å². The van der Waals surface area contributed by atoms with Crippen molar-refractivity contribution in [1.29, 1.82) is 0 Å². The number of phenols is 1. The second kappa shape index (κ2) is 15.0. The summed E-state index contributed by atoms with van der Waals surface area (Å²) in [7, 11) is 0. The lowest BCUT2D eigenvalue weighted by Gasteiger charge is -2.23. The molecule has 3 unspecified atom stereocenters. The van der Waals surface area contributed by atoms with E-state index in [-0.39, 0.29) is 43.5 Å². The second-order valence-corrected chi connectivity index (χ2v) is 7.84. The Morgan fingerprint density at radius 3 is 1.86 bits per heavy atom. The molecule has 35 heavy (non-hydrogen) atoms. The highest BCUT2D eigenvalue weighted by Crippen LogP contribution is 2.12. The molecule has 3 atom stereocenters. The van der Waals surface area contributed by atoms with E-state index in [4.69, 9.17) is 28.7 Å². The molecule has 0 aliphatic rings. The fraction of sp³-hybridized carbons (Fsp3) is 0.476. The molecule has 0 aliphatic heterocycles. The number of aliphatic carboxylic acids is 1. The van der Waals surface area contributed by atoms with Gasteiger partial charge in [-0.1, -0.05) is 12.1 Å². The van der Waals surface area contributed by atoms with Crippen molar-refractivity contribution in [2.75, 3.05) is 13.1 Å². The zero-order valence-electron chi connectivity index (χ0n) is 19.4. The fourth-order valence-electron chi connectivity index (χ4n) is 3.04. The van der Waals surface area contributed by atoms with Crippen LogP contribution in [0.1, 0.15) is 31.2 Å². The zero-order valence-corrected chi connectivity index (χ0v) is 19.4. The molecule has 0 fully saturated rings. The van der Waals surface area contributed by atoms with Gasteiger partial charge in [0.05, 0.1) is 6.04 Å². The van der Waals surface area contributed by atoms with Crippen LogP contribution in [-0.2, 0) is 20.8 Å². The topological polar surface area (TPSA) is 271 Å². The first-order chi connectivity index (χ1) is 16.5. The van der Waals surface area contributed by atoms with E-state index in [2.05, 4.69) is 20.6 Å². The lowest BCUT2D eigenvalue weighted by atomic mass is 10.0. The van der Waals surface area contributed by atoms with Gasteiger partial charge in [-0.15, -0.1) is 0 Å². The number of benzene rings is 1. The standard InChI is InChI=1S/C21H35N9O5/c22-14(3-1-9-27-20(23)24)17(32)30-16(11-12-5-7-13(31)8-6-12)18(33)29-15(19(34)35)4-2-10-28-21(25)26/h5-8,14-16,31H,1-4,9-11,22H2,(H,29,33)(H,30,32)(H,34,35)(H4,23,24,27)(H4,25,26,28). The molecule has 0 bridgehead atoms. The first-order valence-corrected chi connectivity index (χ1v) is 11.0. The third kappa shape index (κ3) is 12.1.